The quantitative estimate of drug-likeness (QED) is 0.203. The molecule has 85 heavy (non-hydrogen) atoms. The molecule has 1 unspecified atom stereocenters. The van der Waals surface area contributed by atoms with Crippen molar-refractivity contribution < 1.29 is 38.6 Å². The van der Waals surface area contributed by atoms with Gasteiger partial charge in [0.15, 0.2) is 5.78 Å². The van der Waals surface area contributed by atoms with Crippen molar-refractivity contribution in [1.29, 1.82) is 0 Å². The smallest absolute Gasteiger partial charge is 0.155 e. The molecule has 0 aromatic heterocycles. The van der Waals surface area contributed by atoms with Crippen LogP contribution in [0.4, 0.5) is 0 Å². The van der Waals surface area contributed by atoms with Crippen LogP contribution < -0.4 is 0 Å². The van der Waals surface area contributed by atoms with Crippen LogP contribution in [0.15, 0.2) is 23.8 Å². The molecule has 8 heteroatoms. The highest BCUT2D eigenvalue weighted by atomic mass is 16.6. The van der Waals surface area contributed by atoms with E-state index in [0.29, 0.717) is 99.3 Å². The number of epoxide rings is 1. The Labute approximate surface area is 513 Å². The number of ether oxygens (including phenoxy) is 2. The summed E-state index contributed by atoms with van der Waals surface area (Å²) in [6.07, 6.45) is 44.5. The number of aliphatic hydroxyl groups is 1. The molecule has 470 valence electrons. The van der Waals surface area contributed by atoms with E-state index in [1.807, 2.05) is 6.08 Å². The van der Waals surface area contributed by atoms with E-state index in [-0.39, 0.29) is 44.7 Å². The molecule has 17 rings (SSSR count). The lowest BCUT2D eigenvalue weighted by Crippen LogP contribution is -2.58. The third kappa shape index (κ3) is 9.04. The Kier molecular flexibility index (Phi) is 15.2. The summed E-state index contributed by atoms with van der Waals surface area (Å²) >= 11 is 0. The van der Waals surface area contributed by atoms with E-state index in [2.05, 4.69) is 67.5 Å². The van der Waals surface area contributed by atoms with Crippen LogP contribution in [0, 0.1) is 132 Å². The average Bonchev–Trinajstić information content (AvgIpc) is 2.33. The molecule has 15 fully saturated rings. The van der Waals surface area contributed by atoms with Gasteiger partial charge in [-0.3, -0.25) is 24.0 Å². The van der Waals surface area contributed by atoms with Gasteiger partial charge in [-0.1, -0.05) is 73.1 Å². The monoisotopic (exact) mass is 1170 g/mol. The first kappa shape index (κ1) is 60.3. The molecular formula is C77H114O8. The SMILES string of the molecule is CO[C@H]1[C@H]2CC[C@H]3[C@@H](CC[C@@]4(C)C(=O)CC[C@H]34)[C@]2(C)CC[C@@H]1O.C[C@@]12CCC=C[C@H]1CC[C@H]1[C@H]2CC[C@@]2(C)C(=O)CC[C@H]12.C[C@@]12CC[C@@H]3OC3[C@H]1CC[C@H]1[C@H]2CC[C@@]2(C)C(=O)CC[C@H]12.C[C@@]12CC[C@@H]3[C@H](CCC4=CC(=O)CC[C@]43C)[C@H]1CCC2=O. The lowest BCUT2D eigenvalue weighted by molar-refractivity contribution is -0.180. The van der Waals surface area contributed by atoms with E-state index < -0.39 is 0 Å². The first-order valence-electron chi connectivity index (χ1n) is 36.4. The molecule has 1 aliphatic heterocycles. The first-order valence-corrected chi connectivity index (χ1v) is 36.4. The minimum Gasteiger partial charge on any atom is -0.390 e. The van der Waals surface area contributed by atoms with Crippen LogP contribution >= 0.6 is 0 Å². The van der Waals surface area contributed by atoms with Gasteiger partial charge in [0.2, 0.25) is 0 Å². The number of allylic oxidation sites excluding steroid dienone is 3. The minimum atomic E-state index is -0.295. The van der Waals surface area contributed by atoms with Crippen LogP contribution in [0.3, 0.4) is 0 Å². The number of Topliss-reactive ketones (excluding diaryl/α,β-unsaturated/α-hetero) is 4. The van der Waals surface area contributed by atoms with Gasteiger partial charge in [0, 0.05) is 60.9 Å². The van der Waals surface area contributed by atoms with Gasteiger partial charge in [-0.25, -0.2) is 0 Å². The zero-order valence-electron chi connectivity index (χ0n) is 54.6. The summed E-state index contributed by atoms with van der Waals surface area (Å²) in [6, 6.07) is 0. The molecule has 17 aliphatic rings. The third-order valence-electron chi connectivity index (χ3n) is 32.9. The van der Waals surface area contributed by atoms with Gasteiger partial charge in [-0.15, -0.1) is 0 Å². The maximum Gasteiger partial charge on any atom is 0.155 e. The largest absolute Gasteiger partial charge is 0.390 e. The Morgan fingerprint density at radius 2 is 0.859 bits per heavy atom. The van der Waals surface area contributed by atoms with Gasteiger partial charge in [-0.2, -0.15) is 0 Å². The van der Waals surface area contributed by atoms with Crippen molar-refractivity contribution in [2.75, 3.05) is 7.11 Å². The fraction of sp³-hybridized carbons (Fsp3) is 0.883. The zero-order valence-corrected chi connectivity index (χ0v) is 54.6. The summed E-state index contributed by atoms with van der Waals surface area (Å²) in [6.45, 7) is 19.1. The number of hydrogen-bond acceptors (Lipinski definition) is 8. The average molecular weight is 1170 g/mol. The normalized spacial score (nSPS) is 55.2. The Bertz CT molecular complexity index is 2740. The molecule has 0 bridgehead atoms. The van der Waals surface area contributed by atoms with Gasteiger partial charge in [-0.05, 0) is 290 Å². The predicted octanol–water partition coefficient (Wildman–Crippen LogP) is 16.4. The van der Waals surface area contributed by atoms with Crippen LogP contribution in [-0.2, 0) is 33.4 Å². The zero-order chi connectivity index (χ0) is 59.6. The minimum absolute atomic E-state index is 0.00761. The molecule has 0 aromatic carbocycles. The summed E-state index contributed by atoms with van der Waals surface area (Å²) in [5, 5.41) is 10.4. The van der Waals surface area contributed by atoms with Crippen molar-refractivity contribution in [3.63, 3.8) is 0 Å². The molecule has 0 spiro atoms. The summed E-state index contributed by atoms with van der Waals surface area (Å²) in [5.74, 6) is 13.6. The molecular weight excluding hydrogens is 1050 g/mol. The molecule has 0 aromatic rings. The van der Waals surface area contributed by atoms with E-state index in [1.165, 1.54) is 115 Å². The Balaban J connectivity index is 0.000000101. The van der Waals surface area contributed by atoms with Crippen LogP contribution in [0.25, 0.3) is 0 Å². The van der Waals surface area contributed by atoms with Crippen LogP contribution in [0.5, 0.6) is 0 Å². The van der Waals surface area contributed by atoms with Gasteiger partial charge < -0.3 is 14.6 Å². The Morgan fingerprint density at radius 3 is 1.39 bits per heavy atom. The number of aliphatic hydroxyl groups excluding tert-OH is 1. The summed E-state index contributed by atoms with van der Waals surface area (Å²) in [5.41, 5.74) is 3.03. The van der Waals surface area contributed by atoms with Gasteiger partial charge >= 0.3 is 0 Å². The summed E-state index contributed by atoms with van der Waals surface area (Å²) < 4.78 is 11.7. The number of methoxy groups -OCH3 is 1. The summed E-state index contributed by atoms with van der Waals surface area (Å²) in [7, 11) is 1.76. The van der Waals surface area contributed by atoms with Crippen LogP contribution in [0.1, 0.15) is 261 Å². The van der Waals surface area contributed by atoms with E-state index in [0.717, 1.165) is 138 Å². The number of carbonyl (C=O) groups excluding carboxylic acids is 5. The van der Waals surface area contributed by atoms with Crippen molar-refractivity contribution in [3.8, 4) is 0 Å². The van der Waals surface area contributed by atoms with Crippen molar-refractivity contribution in [3.05, 3.63) is 23.8 Å². The second kappa shape index (κ2) is 21.4. The topological polar surface area (TPSA) is 127 Å². The molecule has 0 amide bonds. The molecule has 0 radical (unpaired) electrons. The maximum atomic E-state index is 12.5. The lowest BCUT2D eigenvalue weighted by Gasteiger charge is -2.61. The molecule has 1 saturated heterocycles. The molecule has 14 saturated carbocycles. The van der Waals surface area contributed by atoms with Gasteiger partial charge in [0.05, 0.1) is 24.4 Å². The highest BCUT2D eigenvalue weighted by Crippen LogP contribution is 2.71. The standard InChI is InChI=1S/C20H32O3.C19H28O2.C19H26O2.C19H28O/c1-19-11-9-16(21)18(23-3)15(19)5-4-12-13-6-7-17(22)20(13,2)10-8-14(12)19;1-18-10-8-15-17(21-15)14(18)4-3-11-12-5-6-16(20)19(12,2)9-7-13(11)18;1-18-9-7-13(20)11-12(18)3-4-14-15-5-6-17(21)19(15,2)10-8-16(14)18;1-18-11-4-3-5-13(18)6-7-14-15-8-9-17(20)19(15,2)12-10-16(14)18/h12-16,18,21H,4-11H2,1-3H3;11-15,17H,3-10H2,1-2H3;11,14-16H,3-10H2,1-2H3;3,5,13-16H,4,6-12H2,1-2H3/t12-,13-,14-,15-,16+,18+,19+,20-;11-,12-,13-,14-,15+,17?,18+,19-;14-,15-,16-,18-,19-;13-,14+,15+,16+,18+,19+/m1110/s1. The van der Waals surface area contributed by atoms with Gasteiger partial charge in [0.25, 0.3) is 0 Å². The van der Waals surface area contributed by atoms with Crippen LogP contribution in [-0.4, -0.2) is 65.5 Å². The number of fused-ring (bicyclic) bond motifs is 22. The Hall–Kier alpha value is -2.29. The third-order valence-corrected chi connectivity index (χ3v) is 32.9. The fourth-order valence-corrected chi connectivity index (χ4v) is 27.7. The van der Waals surface area contributed by atoms with Crippen molar-refractivity contribution in [2.24, 2.45) is 132 Å². The number of hydrogen-bond donors (Lipinski definition) is 1. The van der Waals surface area contributed by atoms with E-state index >= 15 is 0 Å². The fourth-order valence-electron chi connectivity index (χ4n) is 27.7. The van der Waals surface area contributed by atoms with E-state index in [1.54, 1.807) is 7.11 Å². The molecule has 8 nitrogen and oxygen atoms in total. The molecule has 1 heterocycles. The highest BCUT2D eigenvalue weighted by Gasteiger charge is 2.67. The molecule has 27 atom stereocenters. The van der Waals surface area contributed by atoms with Crippen molar-refractivity contribution >= 4 is 28.9 Å². The lowest BCUT2D eigenvalue weighted by atomic mass is 9.44. The maximum absolute atomic E-state index is 12.5. The van der Waals surface area contributed by atoms with E-state index in [4.69, 9.17) is 9.47 Å². The second-order valence-corrected chi connectivity index (χ2v) is 35.3. The van der Waals surface area contributed by atoms with Crippen molar-refractivity contribution in [1.82, 2.24) is 0 Å². The number of ketones is 5. The van der Waals surface area contributed by atoms with Crippen molar-refractivity contribution in [2.45, 2.75) is 285 Å². The van der Waals surface area contributed by atoms with Gasteiger partial charge in [0.1, 0.15) is 23.1 Å². The summed E-state index contributed by atoms with van der Waals surface area (Å²) in [4.78, 5) is 61.3. The first-order chi connectivity index (χ1) is 40.5. The number of carbonyl (C=O) groups is 5. The predicted molar refractivity (Wildman–Crippen MR) is 333 cm³/mol. The molecule has 1 N–H and O–H groups in total. The highest BCUT2D eigenvalue weighted by molar-refractivity contribution is 5.92. The number of rotatable bonds is 1. The molecule has 16 aliphatic carbocycles. The second-order valence-electron chi connectivity index (χ2n) is 35.3. The Morgan fingerprint density at radius 1 is 0.412 bits per heavy atom. The van der Waals surface area contributed by atoms with Crippen LogP contribution in [0.2, 0.25) is 0 Å². The van der Waals surface area contributed by atoms with E-state index in [9.17, 15) is 29.1 Å².